The van der Waals surface area contributed by atoms with E-state index in [1.54, 1.807) is 12.3 Å². The average Bonchev–Trinajstić information content (AvgIpc) is 2.55. The number of hydrogen-bond acceptors (Lipinski definition) is 3. The maximum atomic E-state index is 12.2. The Bertz CT molecular complexity index is 999. The van der Waals surface area contributed by atoms with Gasteiger partial charge in [0.1, 0.15) is 5.69 Å². The van der Waals surface area contributed by atoms with Crippen LogP contribution in [0.15, 0.2) is 46.1 Å². The van der Waals surface area contributed by atoms with Crippen LogP contribution in [0.5, 0.6) is 0 Å². The second-order valence-electron chi connectivity index (χ2n) is 6.40. The van der Waals surface area contributed by atoms with E-state index in [9.17, 15) is 9.59 Å². The molecule has 1 aromatic carbocycles. The van der Waals surface area contributed by atoms with Crippen molar-refractivity contribution >= 4 is 16.6 Å². The Labute approximate surface area is 139 Å². The number of hydrogen-bond donors (Lipinski definition) is 3. The third-order valence-corrected chi connectivity index (χ3v) is 4.13. The highest BCUT2D eigenvalue weighted by molar-refractivity contribution is 5.80. The molecule has 0 aliphatic rings. The van der Waals surface area contributed by atoms with Gasteiger partial charge < -0.3 is 15.3 Å². The topological polar surface area (TPSA) is 77.8 Å². The van der Waals surface area contributed by atoms with Gasteiger partial charge in [-0.15, -0.1) is 0 Å². The molecule has 2 heterocycles. The van der Waals surface area contributed by atoms with E-state index in [0.717, 1.165) is 16.5 Å². The van der Waals surface area contributed by atoms with Crippen LogP contribution in [-0.2, 0) is 6.54 Å². The summed E-state index contributed by atoms with van der Waals surface area (Å²) in [7, 11) is 0. The summed E-state index contributed by atoms with van der Waals surface area (Å²) < 4.78 is 0. The molecule has 0 amide bonds. The second-order valence-corrected chi connectivity index (χ2v) is 6.40. The molecule has 3 N–H and O–H groups in total. The molecular weight excluding hydrogens is 302 g/mol. The molecule has 0 radical (unpaired) electrons. The number of aromatic nitrogens is 2. The van der Waals surface area contributed by atoms with Gasteiger partial charge in [-0.3, -0.25) is 9.59 Å². The zero-order valence-electron chi connectivity index (χ0n) is 14.1. The van der Waals surface area contributed by atoms with Crippen LogP contribution in [0, 0.1) is 6.92 Å². The van der Waals surface area contributed by atoms with Gasteiger partial charge >= 0.3 is 0 Å². The van der Waals surface area contributed by atoms with E-state index in [1.165, 1.54) is 5.56 Å². The zero-order valence-corrected chi connectivity index (χ0v) is 14.1. The molecule has 0 bridgehead atoms. The van der Waals surface area contributed by atoms with Gasteiger partial charge in [-0.05, 0) is 53.6 Å². The number of pyridine rings is 2. The maximum Gasteiger partial charge on any atom is 0.271 e. The molecule has 0 aliphatic carbocycles. The van der Waals surface area contributed by atoms with Gasteiger partial charge in [-0.2, -0.15) is 0 Å². The Balaban J connectivity index is 1.94. The molecule has 0 fully saturated rings. The predicted octanol–water partition coefficient (Wildman–Crippen LogP) is 3.26. The fraction of sp³-hybridized carbons (Fsp3) is 0.263. The predicted molar refractivity (Wildman–Crippen MR) is 97.8 cm³/mol. The van der Waals surface area contributed by atoms with Crippen LogP contribution < -0.4 is 16.4 Å². The van der Waals surface area contributed by atoms with E-state index in [2.05, 4.69) is 35.2 Å². The maximum absolute atomic E-state index is 12.2. The molecule has 0 spiro atoms. The quantitative estimate of drug-likeness (QED) is 0.689. The molecule has 2 aromatic heterocycles. The van der Waals surface area contributed by atoms with Crippen molar-refractivity contribution in [3.05, 3.63) is 73.9 Å². The van der Waals surface area contributed by atoms with Gasteiger partial charge in [0.2, 0.25) is 0 Å². The van der Waals surface area contributed by atoms with Crippen molar-refractivity contribution in [3.63, 3.8) is 0 Å². The van der Waals surface area contributed by atoms with Crippen LogP contribution in [-0.4, -0.2) is 9.97 Å². The van der Waals surface area contributed by atoms with Gasteiger partial charge in [0.15, 0.2) is 0 Å². The van der Waals surface area contributed by atoms with Crippen molar-refractivity contribution in [2.45, 2.75) is 33.2 Å². The number of aromatic amines is 2. The number of H-pyrrole nitrogens is 2. The van der Waals surface area contributed by atoms with Gasteiger partial charge in [-0.25, -0.2) is 0 Å². The molecule has 24 heavy (non-hydrogen) atoms. The number of nitrogens with one attached hydrogen (secondary N) is 3. The lowest BCUT2D eigenvalue weighted by Crippen LogP contribution is -2.19. The lowest BCUT2D eigenvalue weighted by atomic mass is 10.0. The third kappa shape index (κ3) is 3.25. The Morgan fingerprint density at radius 1 is 1.08 bits per heavy atom. The summed E-state index contributed by atoms with van der Waals surface area (Å²) >= 11 is 0. The first-order chi connectivity index (χ1) is 11.4. The van der Waals surface area contributed by atoms with Crippen molar-refractivity contribution in [1.29, 1.82) is 0 Å². The van der Waals surface area contributed by atoms with Gasteiger partial charge in [-0.1, -0.05) is 19.9 Å². The van der Waals surface area contributed by atoms with E-state index in [0.29, 0.717) is 23.7 Å². The first-order valence-electron chi connectivity index (χ1n) is 8.03. The summed E-state index contributed by atoms with van der Waals surface area (Å²) in [6, 6.07) is 9.72. The molecule has 3 rings (SSSR count). The molecule has 3 aromatic rings. The normalized spacial score (nSPS) is 11.2. The number of fused-ring (bicyclic) bond motifs is 1. The summed E-state index contributed by atoms with van der Waals surface area (Å²) in [5.41, 5.74) is 3.72. The number of benzene rings is 1. The monoisotopic (exact) mass is 323 g/mol. The lowest BCUT2D eigenvalue weighted by Gasteiger charge is -2.09. The first kappa shape index (κ1) is 16.1. The highest BCUT2D eigenvalue weighted by Crippen LogP contribution is 2.20. The summed E-state index contributed by atoms with van der Waals surface area (Å²) in [4.78, 5) is 29.6. The Morgan fingerprint density at radius 2 is 1.88 bits per heavy atom. The van der Waals surface area contributed by atoms with E-state index in [-0.39, 0.29) is 11.1 Å². The largest absolute Gasteiger partial charge is 0.376 e. The average molecular weight is 323 g/mol. The van der Waals surface area contributed by atoms with Crippen molar-refractivity contribution < 1.29 is 0 Å². The van der Waals surface area contributed by atoms with Crippen LogP contribution in [0.4, 0.5) is 5.69 Å². The van der Waals surface area contributed by atoms with E-state index >= 15 is 0 Å². The second kappa shape index (κ2) is 6.35. The molecule has 0 saturated carbocycles. The van der Waals surface area contributed by atoms with Crippen molar-refractivity contribution in [2.24, 2.45) is 0 Å². The highest BCUT2D eigenvalue weighted by atomic mass is 16.1. The van der Waals surface area contributed by atoms with Crippen LogP contribution in [0.2, 0.25) is 0 Å². The third-order valence-electron chi connectivity index (χ3n) is 4.13. The van der Waals surface area contributed by atoms with Gasteiger partial charge in [0.05, 0.1) is 0 Å². The SMILES string of the molecule is Cc1c[nH]c(=O)c(NCc2cc3cc(C(C)C)ccc3[nH]c2=O)c1. The van der Waals surface area contributed by atoms with Crippen LogP contribution in [0.1, 0.15) is 36.5 Å². The molecule has 5 heteroatoms. The molecular formula is C19H21N3O2. The summed E-state index contributed by atoms with van der Waals surface area (Å²) in [5.74, 6) is 0.425. The van der Waals surface area contributed by atoms with Crippen molar-refractivity contribution in [3.8, 4) is 0 Å². The number of rotatable bonds is 4. The number of aryl methyl sites for hydroxylation is 1. The molecule has 0 aliphatic heterocycles. The first-order valence-corrected chi connectivity index (χ1v) is 8.03. The smallest absolute Gasteiger partial charge is 0.271 e. The zero-order chi connectivity index (χ0) is 17.3. The van der Waals surface area contributed by atoms with E-state index < -0.39 is 0 Å². The molecule has 5 nitrogen and oxygen atoms in total. The van der Waals surface area contributed by atoms with Crippen LogP contribution in [0.3, 0.4) is 0 Å². The molecule has 0 atom stereocenters. The van der Waals surface area contributed by atoms with Crippen LogP contribution >= 0.6 is 0 Å². The van der Waals surface area contributed by atoms with E-state index in [4.69, 9.17) is 0 Å². The lowest BCUT2D eigenvalue weighted by molar-refractivity contribution is 0.868. The summed E-state index contributed by atoms with van der Waals surface area (Å²) in [6.07, 6.45) is 1.66. The fourth-order valence-electron chi connectivity index (χ4n) is 2.67. The van der Waals surface area contributed by atoms with Gasteiger partial charge in [0.25, 0.3) is 11.1 Å². The molecule has 124 valence electrons. The fourth-order valence-corrected chi connectivity index (χ4v) is 2.67. The Hall–Kier alpha value is -2.82. The van der Waals surface area contributed by atoms with Crippen molar-refractivity contribution in [1.82, 2.24) is 9.97 Å². The Kier molecular flexibility index (Phi) is 4.25. The highest BCUT2D eigenvalue weighted by Gasteiger charge is 2.07. The summed E-state index contributed by atoms with van der Waals surface area (Å²) in [6.45, 7) is 6.47. The van der Waals surface area contributed by atoms with E-state index in [1.807, 2.05) is 25.1 Å². The minimum atomic E-state index is -0.195. The minimum absolute atomic E-state index is 0.142. The Morgan fingerprint density at radius 3 is 2.62 bits per heavy atom. The molecule has 0 unspecified atom stereocenters. The van der Waals surface area contributed by atoms with Crippen LogP contribution in [0.25, 0.3) is 10.9 Å². The van der Waals surface area contributed by atoms with Gasteiger partial charge in [0, 0.05) is 23.8 Å². The molecule has 0 saturated heterocycles. The standard InChI is InChI=1S/C19H21N3O2/c1-11(2)13-4-5-16-14(7-13)8-15(18(23)22-16)10-20-17-6-12(3)9-21-19(17)24/h4-9,11,20H,10H2,1-3H3,(H,21,24)(H,22,23). The minimum Gasteiger partial charge on any atom is -0.376 e. The number of anilines is 1. The van der Waals surface area contributed by atoms with Crippen molar-refractivity contribution in [2.75, 3.05) is 5.32 Å². The summed E-state index contributed by atoms with van der Waals surface area (Å²) in [5, 5.41) is 4.05.